The maximum absolute atomic E-state index is 14.0. The van der Waals surface area contributed by atoms with Crippen LogP contribution in [0.3, 0.4) is 0 Å². The van der Waals surface area contributed by atoms with Gasteiger partial charge in [0, 0.05) is 24.4 Å². The molecular formula is C24H23ClFN5O3. The van der Waals surface area contributed by atoms with Crippen LogP contribution in [0, 0.1) is 22.6 Å². The highest BCUT2D eigenvalue weighted by Gasteiger charge is 2.20. The molecule has 0 saturated heterocycles. The van der Waals surface area contributed by atoms with Gasteiger partial charge >= 0.3 is 0 Å². The average Bonchev–Trinajstić information content (AvgIpc) is 3.20. The fourth-order valence-corrected chi connectivity index (χ4v) is 3.35. The molecule has 0 aliphatic rings. The molecule has 1 heterocycles. The number of methoxy groups -OCH3 is 1. The monoisotopic (exact) mass is 483 g/mol. The Bertz CT molecular complexity index is 1230. The molecule has 0 spiro atoms. The molecule has 3 N–H and O–H groups in total. The first-order chi connectivity index (χ1) is 16.3. The van der Waals surface area contributed by atoms with E-state index in [2.05, 4.69) is 10.4 Å². The number of aromatic nitrogens is 2. The molecule has 3 aromatic rings. The van der Waals surface area contributed by atoms with Gasteiger partial charge in [-0.15, -0.1) is 0 Å². The number of nitrogens with zero attached hydrogens (tertiary/aromatic N) is 3. The van der Waals surface area contributed by atoms with E-state index in [9.17, 15) is 9.50 Å². The molecule has 0 fully saturated rings. The highest BCUT2D eigenvalue weighted by Crippen LogP contribution is 2.27. The van der Waals surface area contributed by atoms with Crippen LogP contribution in [0.15, 0.2) is 60.3 Å². The highest BCUT2D eigenvalue weighted by atomic mass is 35.5. The van der Waals surface area contributed by atoms with Crippen molar-refractivity contribution < 1.29 is 19.0 Å². The molecule has 1 atom stereocenters. The number of aliphatic hydroxyl groups excluding tert-OH is 1. The summed E-state index contributed by atoms with van der Waals surface area (Å²) >= 11 is 5.77. The van der Waals surface area contributed by atoms with Gasteiger partial charge in [-0.2, -0.15) is 10.4 Å². The first kappa shape index (κ1) is 24.9. The van der Waals surface area contributed by atoms with Gasteiger partial charge in [0.15, 0.2) is 5.69 Å². The average molecular weight is 484 g/mol. The Morgan fingerprint density at radius 1 is 1.29 bits per heavy atom. The van der Waals surface area contributed by atoms with E-state index in [4.69, 9.17) is 31.7 Å². The minimum atomic E-state index is -1.28. The van der Waals surface area contributed by atoms with Crippen molar-refractivity contribution in [3.05, 3.63) is 88.6 Å². The molecule has 0 bridgehead atoms. The van der Waals surface area contributed by atoms with E-state index in [0.29, 0.717) is 23.6 Å². The summed E-state index contributed by atoms with van der Waals surface area (Å²) in [7, 11) is 3.17. The smallest absolute Gasteiger partial charge is 0.162 e. The van der Waals surface area contributed by atoms with Gasteiger partial charge in [0.2, 0.25) is 0 Å². The van der Waals surface area contributed by atoms with E-state index in [0.717, 1.165) is 11.3 Å². The standard InChI is InChI=1S/C24H23ClFN5O3/c1-31-22(10-18(12-27)30-31)24(32)21(11-23(25)28)29-20-8-5-17(26)9-16(20)14-34-13-15-3-6-19(33-2)7-4-15/h3-11,24,28-29,32H,13-14H2,1-2H3/b21-11-,28-23?. The summed E-state index contributed by atoms with van der Waals surface area (Å²) in [5, 5.41) is 34.3. The summed E-state index contributed by atoms with van der Waals surface area (Å²) in [5.74, 6) is 0.286. The lowest BCUT2D eigenvalue weighted by Crippen LogP contribution is -2.15. The first-order valence-electron chi connectivity index (χ1n) is 10.1. The Kier molecular flexibility index (Phi) is 8.38. The summed E-state index contributed by atoms with van der Waals surface area (Å²) in [6.07, 6.45) is -0.0480. The number of anilines is 1. The van der Waals surface area contributed by atoms with Gasteiger partial charge in [-0.05, 0) is 42.0 Å². The number of nitriles is 1. The molecule has 0 amide bonds. The Labute approximate surface area is 201 Å². The number of aliphatic hydroxyl groups is 1. The number of rotatable bonds is 10. The molecule has 0 saturated carbocycles. The highest BCUT2D eigenvalue weighted by molar-refractivity contribution is 6.67. The zero-order valence-electron chi connectivity index (χ0n) is 18.5. The quantitative estimate of drug-likeness (QED) is 0.368. The van der Waals surface area contributed by atoms with Crippen molar-refractivity contribution in [2.45, 2.75) is 19.3 Å². The van der Waals surface area contributed by atoms with Crippen molar-refractivity contribution in [1.29, 1.82) is 10.7 Å². The molecule has 176 valence electrons. The second kappa shape index (κ2) is 11.4. The van der Waals surface area contributed by atoms with Crippen LogP contribution in [0.4, 0.5) is 10.1 Å². The fraction of sp³-hybridized carbons (Fsp3) is 0.208. The predicted molar refractivity (Wildman–Crippen MR) is 126 cm³/mol. The van der Waals surface area contributed by atoms with Crippen molar-refractivity contribution in [2.75, 3.05) is 12.4 Å². The molecule has 0 radical (unpaired) electrons. The summed E-state index contributed by atoms with van der Waals surface area (Å²) in [6, 6.07) is 14.8. The van der Waals surface area contributed by atoms with Crippen LogP contribution in [-0.4, -0.2) is 27.2 Å². The number of allylic oxidation sites excluding steroid dienone is 1. The molecule has 0 aliphatic heterocycles. The summed E-state index contributed by atoms with van der Waals surface area (Å²) in [4.78, 5) is 0. The van der Waals surface area contributed by atoms with E-state index in [1.807, 2.05) is 30.3 Å². The number of aryl methyl sites for hydroxylation is 1. The van der Waals surface area contributed by atoms with Gasteiger partial charge in [-0.25, -0.2) is 4.39 Å². The molecule has 1 unspecified atom stereocenters. The number of ether oxygens (including phenoxy) is 2. The van der Waals surface area contributed by atoms with Crippen LogP contribution in [-0.2, 0) is 25.0 Å². The predicted octanol–water partition coefficient (Wildman–Crippen LogP) is 4.40. The van der Waals surface area contributed by atoms with E-state index in [1.165, 1.54) is 35.0 Å². The lowest BCUT2D eigenvalue weighted by Gasteiger charge is -2.20. The van der Waals surface area contributed by atoms with Gasteiger partial charge in [0.1, 0.15) is 28.9 Å². The Morgan fingerprint density at radius 3 is 2.65 bits per heavy atom. The molecule has 0 aliphatic carbocycles. The Balaban J connectivity index is 1.80. The molecule has 34 heavy (non-hydrogen) atoms. The van der Waals surface area contributed by atoms with Crippen molar-refractivity contribution in [3.63, 3.8) is 0 Å². The molecule has 8 nitrogen and oxygen atoms in total. The number of halogens is 2. The van der Waals surface area contributed by atoms with Crippen LogP contribution in [0.1, 0.15) is 28.6 Å². The van der Waals surface area contributed by atoms with Crippen molar-refractivity contribution >= 4 is 22.5 Å². The van der Waals surface area contributed by atoms with Gasteiger partial charge in [-0.1, -0.05) is 23.7 Å². The second-order valence-electron chi connectivity index (χ2n) is 7.31. The lowest BCUT2D eigenvalue weighted by atomic mass is 10.1. The third kappa shape index (κ3) is 6.42. The maximum Gasteiger partial charge on any atom is 0.162 e. The van der Waals surface area contributed by atoms with E-state index >= 15 is 0 Å². The second-order valence-corrected chi connectivity index (χ2v) is 7.71. The van der Waals surface area contributed by atoms with Gasteiger partial charge < -0.3 is 19.9 Å². The van der Waals surface area contributed by atoms with Gasteiger partial charge in [0.25, 0.3) is 0 Å². The summed E-state index contributed by atoms with van der Waals surface area (Å²) in [6.45, 7) is 0.377. The molecule has 1 aromatic heterocycles. The third-order valence-corrected chi connectivity index (χ3v) is 5.03. The number of hydrogen-bond acceptors (Lipinski definition) is 7. The maximum atomic E-state index is 14.0. The van der Waals surface area contributed by atoms with Crippen molar-refractivity contribution in [3.8, 4) is 11.8 Å². The molecular weight excluding hydrogens is 461 g/mol. The van der Waals surface area contributed by atoms with Gasteiger partial charge in [-0.3, -0.25) is 10.1 Å². The summed E-state index contributed by atoms with van der Waals surface area (Å²) in [5.41, 5.74) is 2.47. The van der Waals surface area contributed by atoms with Crippen molar-refractivity contribution in [2.24, 2.45) is 7.05 Å². The van der Waals surface area contributed by atoms with E-state index < -0.39 is 11.9 Å². The van der Waals surface area contributed by atoms with Gasteiger partial charge in [0.05, 0.1) is 31.7 Å². The Morgan fingerprint density at radius 2 is 2.03 bits per heavy atom. The fourth-order valence-electron chi connectivity index (χ4n) is 3.23. The number of nitrogens with one attached hydrogen (secondary N) is 2. The number of benzene rings is 2. The molecule has 2 aromatic carbocycles. The first-order valence-corrected chi connectivity index (χ1v) is 10.5. The van der Waals surface area contributed by atoms with E-state index in [-0.39, 0.29) is 23.2 Å². The van der Waals surface area contributed by atoms with Crippen molar-refractivity contribution in [1.82, 2.24) is 9.78 Å². The normalized spacial score (nSPS) is 12.2. The molecule has 10 heteroatoms. The zero-order valence-corrected chi connectivity index (χ0v) is 19.3. The van der Waals surface area contributed by atoms with Crippen LogP contribution in [0.5, 0.6) is 5.75 Å². The summed E-state index contributed by atoms with van der Waals surface area (Å²) < 4.78 is 26.3. The van der Waals surface area contributed by atoms with Crippen LogP contribution in [0.25, 0.3) is 0 Å². The minimum absolute atomic E-state index is 0.0815. The SMILES string of the molecule is COc1ccc(COCc2cc(F)ccc2N/C(=C\C(=N)Cl)C(O)c2cc(C#N)nn2C)cc1. The topological polar surface area (TPSA) is 116 Å². The molecule has 3 rings (SSSR count). The zero-order chi connectivity index (χ0) is 24.7. The Hall–Kier alpha value is -3.71. The van der Waals surface area contributed by atoms with Crippen LogP contribution >= 0.6 is 11.6 Å². The van der Waals surface area contributed by atoms with E-state index in [1.54, 1.807) is 14.2 Å². The third-order valence-electron chi connectivity index (χ3n) is 4.92. The largest absolute Gasteiger partial charge is 0.497 e. The van der Waals surface area contributed by atoms with Crippen LogP contribution < -0.4 is 10.1 Å². The lowest BCUT2D eigenvalue weighted by molar-refractivity contribution is 0.107. The van der Waals surface area contributed by atoms with Crippen LogP contribution in [0.2, 0.25) is 0 Å². The number of hydrogen-bond donors (Lipinski definition) is 3. The minimum Gasteiger partial charge on any atom is -0.497 e.